The number of carbonyl (C=O) groups excluding carboxylic acids is 2. The second-order valence-corrected chi connectivity index (χ2v) is 20.9. The van der Waals surface area contributed by atoms with E-state index in [1.54, 1.807) is 9.13 Å². The second kappa shape index (κ2) is 21.6. The Bertz CT molecular complexity index is 3360. The molecule has 14 rings (SSSR count). The van der Waals surface area contributed by atoms with Crippen LogP contribution in [0.2, 0.25) is 0 Å². The van der Waals surface area contributed by atoms with Gasteiger partial charge in [0.15, 0.2) is 81.0 Å². The fourth-order valence-electron chi connectivity index (χ4n) is 11.1. The number of aliphatic hydroxyl groups excluding tert-OH is 4. The fraction of sp³-hybridized carbons (Fsp3) is 0.455. The molecule has 0 saturated carbocycles. The lowest BCUT2D eigenvalue weighted by atomic mass is 10.1. The highest BCUT2D eigenvalue weighted by Gasteiger charge is 2.51. The summed E-state index contributed by atoms with van der Waals surface area (Å²) in [6, 6.07) is -4.41. The molecule has 16 atom stereocenters. The third-order valence-electron chi connectivity index (χ3n) is 15.2. The van der Waals surface area contributed by atoms with Crippen molar-refractivity contribution in [2.75, 3.05) is 49.1 Å². The zero-order valence-corrected chi connectivity index (χ0v) is 44.8. The van der Waals surface area contributed by atoms with Crippen molar-refractivity contribution in [3.05, 3.63) is 50.6 Å². The summed E-state index contributed by atoms with van der Waals surface area (Å²) in [7, 11) is 0. The molecule has 8 aromatic rings. The lowest BCUT2D eigenvalue weighted by Crippen LogP contribution is -2.59. The van der Waals surface area contributed by atoms with E-state index >= 15 is 0 Å². The minimum Gasteiger partial charge on any atom is -0.386 e. The van der Waals surface area contributed by atoms with Gasteiger partial charge in [0.1, 0.15) is 96.2 Å². The van der Waals surface area contributed by atoms with Crippen LogP contribution in [0.5, 0.6) is 0 Å². The minimum absolute atomic E-state index is 0.103. The zero-order chi connectivity index (χ0) is 58.2. The van der Waals surface area contributed by atoms with E-state index in [-0.39, 0.29) is 59.7 Å². The van der Waals surface area contributed by atoms with E-state index in [2.05, 4.69) is 102 Å². The monoisotopic (exact) mass is 1200 g/mol. The Balaban J connectivity index is 0.000000157. The highest BCUT2D eigenvalue weighted by atomic mass is 32.1. The van der Waals surface area contributed by atoms with Crippen LogP contribution in [0.25, 0.3) is 44.7 Å². The normalized spacial score (nSPS) is 31.8. The Morgan fingerprint density at radius 3 is 0.917 bits per heavy atom. The quantitative estimate of drug-likeness (QED) is 0.0729. The molecule has 4 amide bonds. The molecule has 0 spiro atoms. The number of imidazole rings is 4. The number of nitrogens with zero attached hydrogens (tertiary/aromatic N) is 16. The molecule has 6 saturated heterocycles. The Morgan fingerprint density at radius 2 is 0.643 bits per heavy atom. The van der Waals surface area contributed by atoms with Crippen molar-refractivity contribution in [1.82, 2.24) is 121 Å². The van der Waals surface area contributed by atoms with Crippen molar-refractivity contribution in [3.8, 4) is 0 Å². The molecular formula is C44H52N28O10S2. The first-order valence-corrected chi connectivity index (χ1v) is 26.6. The Hall–Kier alpha value is -9.00. The van der Waals surface area contributed by atoms with Crippen LogP contribution in [0.4, 0.5) is 32.9 Å². The van der Waals surface area contributed by atoms with Crippen LogP contribution in [0.1, 0.15) is 24.9 Å². The average Bonchev–Trinajstić information content (AvgIpc) is 4.55. The first-order chi connectivity index (χ1) is 40.6. The van der Waals surface area contributed by atoms with Crippen molar-refractivity contribution >= 4 is 115 Å². The maximum absolute atomic E-state index is 13.0. The molecule has 38 nitrogen and oxygen atoms in total. The van der Waals surface area contributed by atoms with Gasteiger partial charge in [-0.1, -0.05) is 0 Å². The van der Waals surface area contributed by atoms with Crippen molar-refractivity contribution in [3.63, 3.8) is 0 Å². The van der Waals surface area contributed by atoms with E-state index < -0.39 is 110 Å². The van der Waals surface area contributed by atoms with Gasteiger partial charge >= 0.3 is 12.1 Å². The van der Waals surface area contributed by atoms with Crippen molar-refractivity contribution in [1.29, 1.82) is 0 Å². The van der Waals surface area contributed by atoms with Gasteiger partial charge in [-0.3, -0.25) is 18.3 Å². The highest BCUT2D eigenvalue weighted by molar-refractivity contribution is 7.80. The van der Waals surface area contributed by atoms with Gasteiger partial charge in [-0.15, -0.1) is 0 Å². The largest absolute Gasteiger partial charge is 0.386 e. The fourth-order valence-corrected chi connectivity index (χ4v) is 11.5. The standard InChI is InChI=1S/C22H26N14O6.C22H26N14O4S2/c23-15-11-17(29-3-27-15)35(5-31-11)19-13(37)9-7(41-19)1-25-21(39)34-10-8(2-26-22(40)33-9)42-20(14(10)38)36-6-32-12-16(24)28-4-30-18(12)36;23-15-11-17(29-3-27-15)35(5-31-11)19-13(37)9-7(39-19)1-25-21(41)34-10-8(2-26-22(42)33-9)40-20(14(10)38)36-6-32-12-16(24)28-4-30-18(12)36/h3-10,13-14,19-20,37-38H,1-2H2,(H2,23,27,29)(H2,24,28,30)(H2,25,34,39)(H2,26,33,40);3-10,13-14,19-20,37-38H,1-2H2,(H2,23,27,29)(H2,24,28,30)(H2,25,34,41)(H2,26,33,42)/t2*7-,8-,9-,10-,13-,14-,19-,20-/m11/s1. The number of amides is 4. The highest BCUT2D eigenvalue weighted by Crippen LogP contribution is 2.37. The lowest BCUT2D eigenvalue weighted by Gasteiger charge is -2.28. The van der Waals surface area contributed by atoms with Gasteiger partial charge in [0.05, 0.1) is 49.5 Å². The predicted octanol–water partition coefficient (Wildman–Crippen LogP) is -6.28. The summed E-state index contributed by atoms with van der Waals surface area (Å²) < 4.78 is 30.8. The number of carbonyl (C=O) groups is 2. The molecule has 440 valence electrons. The van der Waals surface area contributed by atoms with Crippen LogP contribution in [0, 0.1) is 0 Å². The molecule has 0 bridgehead atoms. The van der Waals surface area contributed by atoms with Gasteiger partial charge in [0.2, 0.25) is 0 Å². The van der Waals surface area contributed by atoms with E-state index in [1.807, 2.05) is 0 Å². The number of urea groups is 2. The topological polar surface area (TPSA) is 527 Å². The van der Waals surface area contributed by atoms with Crippen molar-refractivity contribution in [2.24, 2.45) is 0 Å². The summed E-state index contributed by atoms with van der Waals surface area (Å²) in [4.78, 5) is 75.6. The molecule has 0 unspecified atom stereocenters. The van der Waals surface area contributed by atoms with Crippen LogP contribution < -0.4 is 65.5 Å². The van der Waals surface area contributed by atoms with Gasteiger partial charge in [-0.25, -0.2) is 69.4 Å². The van der Waals surface area contributed by atoms with Crippen LogP contribution in [-0.2, 0) is 18.9 Å². The summed E-state index contributed by atoms with van der Waals surface area (Å²) in [5.41, 5.74) is 26.6. The molecule has 6 aliphatic rings. The number of hydrogen-bond donors (Lipinski definition) is 16. The summed E-state index contributed by atoms with van der Waals surface area (Å²) in [6.07, 6.45) is -0.281. The third kappa shape index (κ3) is 9.56. The van der Waals surface area contributed by atoms with Gasteiger partial charge in [-0.05, 0) is 24.4 Å². The molecule has 20 N–H and O–H groups in total. The number of hydrogen-bond acceptors (Lipinski definition) is 28. The number of fused-ring (bicyclic) bond motifs is 8. The number of thiocarbonyl (C=S) groups is 2. The smallest absolute Gasteiger partial charge is 0.315 e. The minimum atomic E-state index is -1.26. The molecule has 6 fully saturated rings. The molecule has 0 aromatic carbocycles. The number of aliphatic hydroxyl groups is 4. The van der Waals surface area contributed by atoms with E-state index in [1.165, 1.54) is 59.8 Å². The average molecular weight is 1200 g/mol. The van der Waals surface area contributed by atoms with E-state index in [0.29, 0.717) is 44.7 Å². The van der Waals surface area contributed by atoms with E-state index in [4.69, 9.17) is 66.3 Å². The maximum Gasteiger partial charge on any atom is 0.315 e. The van der Waals surface area contributed by atoms with Gasteiger partial charge < -0.3 is 105 Å². The number of ether oxygens (including phenoxy) is 4. The van der Waals surface area contributed by atoms with Crippen molar-refractivity contribution in [2.45, 2.75) is 97.9 Å². The Kier molecular flexibility index (Phi) is 14.0. The van der Waals surface area contributed by atoms with Crippen molar-refractivity contribution < 1.29 is 49.0 Å². The first-order valence-electron chi connectivity index (χ1n) is 25.8. The molecule has 8 aromatic heterocycles. The van der Waals surface area contributed by atoms with Crippen LogP contribution in [-0.4, -0.2) is 220 Å². The maximum atomic E-state index is 13.0. The Labute approximate surface area is 480 Å². The number of rotatable bonds is 4. The molecule has 0 radical (unpaired) electrons. The molecule has 6 aliphatic heterocycles. The molecule has 0 aliphatic carbocycles. The Morgan fingerprint density at radius 1 is 0.393 bits per heavy atom. The summed E-state index contributed by atoms with van der Waals surface area (Å²) in [5, 5.41) is 69.0. The molecule has 14 heterocycles. The predicted molar refractivity (Wildman–Crippen MR) is 294 cm³/mol. The zero-order valence-electron chi connectivity index (χ0n) is 43.2. The molecule has 84 heavy (non-hydrogen) atoms. The second-order valence-electron chi connectivity index (χ2n) is 20.1. The molecular weight excluding hydrogens is 1140 g/mol. The van der Waals surface area contributed by atoms with Gasteiger partial charge in [0.25, 0.3) is 0 Å². The lowest BCUT2D eigenvalue weighted by molar-refractivity contribution is -0.0335. The summed E-state index contributed by atoms with van der Waals surface area (Å²) in [6.45, 7) is 0.190. The van der Waals surface area contributed by atoms with Gasteiger partial charge in [0, 0.05) is 26.2 Å². The number of nitrogen functional groups attached to an aromatic ring is 4. The van der Waals surface area contributed by atoms with Crippen LogP contribution >= 0.6 is 24.4 Å². The number of anilines is 4. The third-order valence-corrected chi connectivity index (χ3v) is 15.7. The SMILES string of the molecule is Nc1ncnc2c1ncn2[C@@H]1O[C@@H]2CNC(=O)N[C@H]3[C@@H](O)[C@H](n4cnc5c(N)ncnc54)O[C@@H]3CNC(=O)N[C@H]2[C@H]1O.Nc1ncnc2c1ncn2[C@@H]1O[C@@H]2CNC(=S)N[C@H]3[C@@H](O)[C@H](n4cnc5c(N)ncnc54)O[C@@H]3CNC(=S)N[C@H]2[C@H]1O. The van der Waals surface area contributed by atoms with Crippen LogP contribution in [0.3, 0.4) is 0 Å². The van der Waals surface area contributed by atoms with Crippen LogP contribution in [0.15, 0.2) is 50.6 Å². The summed E-state index contributed by atoms with van der Waals surface area (Å²) >= 11 is 11.1. The number of aromatic nitrogens is 16. The number of nitrogens with two attached hydrogens (primary N) is 4. The van der Waals surface area contributed by atoms with Gasteiger partial charge in [-0.2, -0.15) is 0 Å². The molecule has 40 heteroatoms. The first kappa shape index (κ1) is 54.3. The van der Waals surface area contributed by atoms with E-state index in [0.717, 1.165) is 0 Å². The number of nitrogens with one attached hydrogen (secondary N) is 8. The van der Waals surface area contributed by atoms with E-state index in [9.17, 15) is 30.0 Å². The summed E-state index contributed by atoms with van der Waals surface area (Å²) in [5.74, 6) is 0.749.